The SMILES string of the molecule is CCc1cc(NCc2ccc(C#CC3CC[C@@]4(C)C(C3)C[C@@H](O)C3C5CC[C@H]([C@H](C)CCC(=O)O)C5(C)[C@@H](O)CC34)cc2)c(C(C)=O)c(C)n1. The molecule has 0 aliphatic heterocycles. The van der Waals surface area contributed by atoms with Gasteiger partial charge in [0.2, 0.25) is 0 Å². The number of nitrogens with zero attached hydrogens (tertiary/aromatic N) is 1. The van der Waals surface area contributed by atoms with Crippen LogP contribution in [0.5, 0.6) is 0 Å². The van der Waals surface area contributed by atoms with Crippen molar-refractivity contribution in [2.24, 2.45) is 52.3 Å². The Kier molecular flexibility index (Phi) is 10.6. The molecule has 1 aromatic carbocycles. The zero-order valence-corrected chi connectivity index (χ0v) is 31.0. The molecule has 2 aromatic rings. The standard InChI is InChI=1S/C43H58N2O5/c1-7-32-22-36(40(27(4)46)26(3)45-32)44-24-30-13-10-28(11-14-30)9-12-29-18-19-42(5)31(20-29)21-37(47)41-34-16-15-33(25(2)8-17-39(49)50)43(34,6)38(48)23-35(41)42/h10-11,13-14,22,25,29,31,33-35,37-38,41,47-48H,7-8,15-21,23-24H2,1-6H3,(H,44,45)(H,49,50)/t25-,29?,31?,33-,34?,35?,37-,38+,41?,42+,43?/m1/s1. The number of ketones is 1. The average Bonchev–Trinajstić information content (AvgIpc) is 3.44. The van der Waals surface area contributed by atoms with E-state index < -0.39 is 12.1 Å². The van der Waals surface area contributed by atoms with E-state index in [0.717, 1.165) is 79.6 Å². The Morgan fingerprint density at radius 2 is 1.80 bits per heavy atom. The van der Waals surface area contributed by atoms with E-state index in [-0.39, 0.29) is 58.7 Å². The van der Waals surface area contributed by atoms with Gasteiger partial charge in [-0.05, 0) is 142 Å². The molecule has 0 amide bonds. The van der Waals surface area contributed by atoms with Gasteiger partial charge in [-0.2, -0.15) is 0 Å². The highest BCUT2D eigenvalue weighted by Gasteiger charge is 2.65. The molecule has 6 unspecified atom stereocenters. The Balaban J connectivity index is 1.09. The summed E-state index contributed by atoms with van der Waals surface area (Å²) in [7, 11) is 0. The summed E-state index contributed by atoms with van der Waals surface area (Å²) in [4.78, 5) is 28.2. The Labute approximate surface area is 299 Å². The maximum absolute atomic E-state index is 12.3. The number of nitrogens with one attached hydrogen (secondary N) is 1. The number of fused-ring (bicyclic) bond motifs is 5. The van der Waals surface area contributed by atoms with Gasteiger partial charge < -0.3 is 20.6 Å². The maximum Gasteiger partial charge on any atom is 0.303 e. The number of carbonyl (C=O) groups is 2. The number of aliphatic hydroxyl groups is 2. The van der Waals surface area contributed by atoms with Gasteiger partial charge in [0.15, 0.2) is 5.78 Å². The number of aromatic nitrogens is 1. The van der Waals surface area contributed by atoms with Gasteiger partial charge in [-0.15, -0.1) is 0 Å². The number of aliphatic hydroxyl groups excluding tert-OH is 2. The molecule has 0 radical (unpaired) electrons. The van der Waals surface area contributed by atoms with Crippen LogP contribution in [0.4, 0.5) is 5.69 Å². The lowest BCUT2D eigenvalue weighted by Gasteiger charge is -2.63. The predicted molar refractivity (Wildman–Crippen MR) is 197 cm³/mol. The molecule has 4 N–H and O–H groups in total. The third kappa shape index (κ3) is 6.75. The van der Waals surface area contributed by atoms with Crippen LogP contribution in [0.3, 0.4) is 0 Å². The highest BCUT2D eigenvalue weighted by molar-refractivity contribution is 6.00. The summed E-state index contributed by atoms with van der Waals surface area (Å²) in [6.45, 7) is 13.0. The first-order valence-corrected chi connectivity index (χ1v) is 19.2. The first-order chi connectivity index (χ1) is 23.8. The topological polar surface area (TPSA) is 120 Å². The van der Waals surface area contributed by atoms with Gasteiger partial charge in [-0.25, -0.2) is 0 Å². The number of hydrogen-bond donors (Lipinski definition) is 4. The van der Waals surface area contributed by atoms with Crippen LogP contribution in [-0.2, 0) is 17.8 Å². The van der Waals surface area contributed by atoms with Gasteiger partial charge in [-0.3, -0.25) is 14.6 Å². The summed E-state index contributed by atoms with van der Waals surface area (Å²) in [6.07, 6.45) is 7.50. The van der Waals surface area contributed by atoms with E-state index >= 15 is 0 Å². The highest BCUT2D eigenvalue weighted by atomic mass is 16.4. The molecule has 50 heavy (non-hydrogen) atoms. The predicted octanol–water partition coefficient (Wildman–Crippen LogP) is 7.84. The van der Waals surface area contributed by atoms with Crippen molar-refractivity contribution in [1.29, 1.82) is 0 Å². The molecule has 0 bridgehead atoms. The van der Waals surface area contributed by atoms with Crippen molar-refractivity contribution in [3.05, 3.63) is 58.4 Å². The lowest BCUT2D eigenvalue weighted by molar-refractivity contribution is -0.203. The summed E-state index contributed by atoms with van der Waals surface area (Å²) in [5, 5.41) is 36.4. The second-order valence-electron chi connectivity index (χ2n) is 16.8. The van der Waals surface area contributed by atoms with Crippen LogP contribution in [0.25, 0.3) is 0 Å². The molecule has 0 saturated heterocycles. The minimum atomic E-state index is -0.752. The number of aliphatic carboxylic acids is 1. The molecule has 1 heterocycles. The third-order valence-corrected chi connectivity index (χ3v) is 14.2. The Bertz CT molecular complexity index is 1640. The molecule has 4 aliphatic rings. The number of pyridine rings is 1. The number of hydrogen-bond acceptors (Lipinski definition) is 6. The van der Waals surface area contributed by atoms with Crippen molar-refractivity contribution in [1.82, 2.24) is 4.98 Å². The van der Waals surface area contributed by atoms with Gasteiger partial charge in [0.05, 0.1) is 23.5 Å². The first-order valence-electron chi connectivity index (χ1n) is 19.2. The summed E-state index contributed by atoms with van der Waals surface area (Å²) in [6, 6.07) is 10.3. The largest absolute Gasteiger partial charge is 0.481 e. The van der Waals surface area contributed by atoms with E-state index in [1.54, 1.807) is 6.92 Å². The van der Waals surface area contributed by atoms with Crippen molar-refractivity contribution >= 4 is 17.4 Å². The van der Waals surface area contributed by atoms with Gasteiger partial charge in [0, 0.05) is 35.8 Å². The van der Waals surface area contributed by atoms with Crippen molar-refractivity contribution in [2.75, 3.05) is 5.32 Å². The second kappa shape index (κ2) is 14.4. The number of carboxylic acid groups (broad SMARTS) is 1. The van der Waals surface area contributed by atoms with E-state index in [2.05, 4.69) is 74.1 Å². The van der Waals surface area contributed by atoms with E-state index in [4.69, 9.17) is 0 Å². The molecule has 1 aromatic heterocycles. The fraction of sp³-hybridized carbons (Fsp3) is 0.651. The number of carboxylic acids is 1. The second-order valence-corrected chi connectivity index (χ2v) is 16.8. The van der Waals surface area contributed by atoms with Gasteiger partial charge in [-0.1, -0.05) is 51.7 Å². The lowest BCUT2D eigenvalue weighted by Crippen LogP contribution is -2.62. The van der Waals surface area contributed by atoms with Crippen LogP contribution in [-0.4, -0.2) is 44.3 Å². The molecule has 11 atom stereocenters. The fourth-order valence-electron chi connectivity index (χ4n) is 11.4. The van der Waals surface area contributed by atoms with Crippen molar-refractivity contribution in [3.8, 4) is 11.8 Å². The van der Waals surface area contributed by atoms with Gasteiger partial charge in [0.1, 0.15) is 0 Å². The number of anilines is 1. The first kappa shape index (κ1) is 36.6. The quantitative estimate of drug-likeness (QED) is 0.157. The molecule has 4 fully saturated rings. The smallest absolute Gasteiger partial charge is 0.303 e. The number of carbonyl (C=O) groups excluding carboxylic acids is 1. The van der Waals surface area contributed by atoms with Gasteiger partial charge >= 0.3 is 5.97 Å². The molecule has 7 nitrogen and oxygen atoms in total. The number of aryl methyl sites for hydroxylation is 2. The summed E-state index contributed by atoms with van der Waals surface area (Å²) in [5.41, 5.74) is 5.13. The Morgan fingerprint density at radius 1 is 1.06 bits per heavy atom. The van der Waals surface area contributed by atoms with Crippen LogP contribution in [0.1, 0.15) is 125 Å². The number of Topliss-reactive ketones (excluding diaryl/α,β-unsaturated/α-hetero) is 1. The van der Waals surface area contributed by atoms with E-state index in [0.29, 0.717) is 30.4 Å². The number of benzene rings is 1. The Morgan fingerprint density at radius 3 is 2.48 bits per heavy atom. The molecular formula is C43H58N2O5. The van der Waals surface area contributed by atoms with Gasteiger partial charge in [0.25, 0.3) is 0 Å². The minimum Gasteiger partial charge on any atom is -0.481 e. The van der Waals surface area contributed by atoms with E-state index in [1.807, 2.05) is 13.0 Å². The van der Waals surface area contributed by atoms with Crippen molar-refractivity contribution < 1.29 is 24.9 Å². The van der Waals surface area contributed by atoms with Crippen LogP contribution < -0.4 is 5.32 Å². The molecular weight excluding hydrogens is 624 g/mol. The van der Waals surface area contributed by atoms with Crippen molar-refractivity contribution in [2.45, 2.75) is 125 Å². The molecule has 0 spiro atoms. The van der Waals surface area contributed by atoms with Crippen LogP contribution in [0.15, 0.2) is 30.3 Å². The monoisotopic (exact) mass is 682 g/mol. The number of rotatable bonds is 9. The average molecular weight is 683 g/mol. The molecule has 7 heteroatoms. The zero-order chi connectivity index (χ0) is 36.0. The summed E-state index contributed by atoms with van der Waals surface area (Å²) >= 11 is 0. The molecule has 270 valence electrons. The third-order valence-electron chi connectivity index (χ3n) is 14.2. The van der Waals surface area contributed by atoms with Crippen LogP contribution in [0, 0.1) is 71.0 Å². The van der Waals surface area contributed by atoms with E-state index in [1.165, 1.54) is 0 Å². The zero-order valence-electron chi connectivity index (χ0n) is 31.0. The minimum absolute atomic E-state index is 0.0130. The normalized spacial score (nSPS) is 35.1. The molecule has 4 saturated carbocycles. The summed E-state index contributed by atoms with van der Waals surface area (Å²) in [5.74, 6) is 8.27. The lowest BCUT2D eigenvalue weighted by atomic mass is 9.42. The van der Waals surface area contributed by atoms with Crippen molar-refractivity contribution in [3.63, 3.8) is 0 Å². The fourth-order valence-corrected chi connectivity index (χ4v) is 11.4. The van der Waals surface area contributed by atoms with E-state index in [9.17, 15) is 24.9 Å². The molecule has 4 aliphatic carbocycles. The summed E-state index contributed by atoms with van der Waals surface area (Å²) < 4.78 is 0. The highest BCUT2D eigenvalue weighted by Crippen LogP contribution is 2.68. The molecule has 6 rings (SSSR count). The van der Waals surface area contributed by atoms with Crippen LogP contribution in [0.2, 0.25) is 0 Å². The van der Waals surface area contributed by atoms with Crippen LogP contribution >= 0.6 is 0 Å². The maximum atomic E-state index is 12.3. The Hall–Kier alpha value is -3.21.